The van der Waals surface area contributed by atoms with Crippen molar-refractivity contribution in [2.75, 3.05) is 11.9 Å². The Kier molecular flexibility index (Phi) is 4.95. The normalized spacial score (nSPS) is 10.8. The zero-order valence-electron chi connectivity index (χ0n) is 14.0. The number of aromatic nitrogens is 3. The summed E-state index contributed by atoms with van der Waals surface area (Å²) >= 11 is 2.80. The van der Waals surface area contributed by atoms with E-state index in [0.717, 1.165) is 16.2 Å². The molecule has 3 aromatic heterocycles. The number of imidazole rings is 1. The summed E-state index contributed by atoms with van der Waals surface area (Å²) in [7, 11) is 0. The van der Waals surface area contributed by atoms with Gasteiger partial charge in [-0.25, -0.2) is 9.97 Å². The highest BCUT2D eigenvalue weighted by atomic mass is 32.1. The van der Waals surface area contributed by atoms with Gasteiger partial charge in [0.15, 0.2) is 16.7 Å². The van der Waals surface area contributed by atoms with Crippen LogP contribution in [0.15, 0.2) is 53.5 Å². The molecule has 0 atom stereocenters. The van der Waals surface area contributed by atoms with Crippen LogP contribution in [0.25, 0.3) is 16.2 Å². The van der Waals surface area contributed by atoms with Crippen LogP contribution in [0.3, 0.4) is 0 Å². The number of nitrogens with zero attached hydrogens (tertiary/aromatic N) is 3. The number of benzene rings is 1. The van der Waals surface area contributed by atoms with Crippen molar-refractivity contribution < 1.29 is 14.3 Å². The topological polar surface area (TPSA) is 85.6 Å². The van der Waals surface area contributed by atoms with Gasteiger partial charge in [0.25, 0.3) is 5.91 Å². The molecule has 1 amide bonds. The lowest BCUT2D eigenvalue weighted by Crippen LogP contribution is -2.21. The molecule has 27 heavy (non-hydrogen) atoms. The first-order valence-corrected chi connectivity index (χ1v) is 9.81. The average Bonchev–Trinajstić information content (AvgIpc) is 3.37. The van der Waals surface area contributed by atoms with Crippen LogP contribution in [0.2, 0.25) is 0 Å². The highest BCUT2D eigenvalue weighted by Crippen LogP contribution is 2.24. The fourth-order valence-electron chi connectivity index (χ4n) is 2.43. The first kappa shape index (κ1) is 17.4. The van der Waals surface area contributed by atoms with Crippen molar-refractivity contribution >= 4 is 44.6 Å². The van der Waals surface area contributed by atoms with E-state index < -0.39 is 11.9 Å². The van der Waals surface area contributed by atoms with Gasteiger partial charge in [-0.1, -0.05) is 30.3 Å². The fourth-order valence-corrected chi connectivity index (χ4v) is 3.89. The van der Waals surface area contributed by atoms with Crippen molar-refractivity contribution in [3.63, 3.8) is 0 Å². The Balaban J connectivity index is 1.27. The lowest BCUT2D eigenvalue weighted by atomic mass is 10.2. The molecule has 4 aromatic rings. The summed E-state index contributed by atoms with van der Waals surface area (Å²) in [5, 5.41) is 6.88. The van der Waals surface area contributed by atoms with E-state index in [0.29, 0.717) is 10.8 Å². The SMILES string of the molecule is O=C(COC(=O)Cc1cn2ccsc2n1)Nc1nc(-c2ccccc2)cs1. The molecule has 0 saturated heterocycles. The van der Waals surface area contributed by atoms with Crippen molar-refractivity contribution in [1.29, 1.82) is 0 Å². The minimum Gasteiger partial charge on any atom is -0.455 e. The standard InChI is InChI=1S/C18H14N4O3S2/c23-15(21-17-20-14(11-27-17)12-4-2-1-3-5-12)10-25-16(24)8-13-9-22-6-7-26-18(22)19-13/h1-7,9,11H,8,10H2,(H,20,21,23). The lowest BCUT2D eigenvalue weighted by Gasteiger charge is -2.03. The van der Waals surface area contributed by atoms with Crippen LogP contribution in [0.5, 0.6) is 0 Å². The number of rotatable bonds is 6. The Morgan fingerprint density at radius 3 is 2.81 bits per heavy atom. The maximum absolute atomic E-state index is 12.0. The molecule has 0 aliphatic carbocycles. The van der Waals surface area contributed by atoms with Crippen LogP contribution < -0.4 is 5.32 Å². The number of amides is 1. The zero-order chi connectivity index (χ0) is 18.6. The molecule has 136 valence electrons. The quantitative estimate of drug-likeness (QED) is 0.504. The smallest absolute Gasteiger partial charge is 0.312 e. The number of anilines is 1. The maximum Gasteiger partial charge on any atom is 0.312 e. The molecule has 4 rings (SSSR count). The maximum atomic E-state index is 12.0. The van der Waals surface area contributed by atoms with Crippen molar-refractivity contribution in [2.45, 2.75) is 6.42 Å². The van der Waals surface area contributed by atoms with Gasteiger partial charge >= 0.3 is 5.97 Å². The van der Waals surface area contributed by atoms with Gasteiger partial charge in [-0.3, -0.25) is 19.3 Å². The molecule has 1 N–H and O–H groups in total. The molecule has 9 heteroatoms. The van der Waals surface area contributed by atoms with Crippen LogP contribution >= 0.6 is 22.7 Å². The minimum absolute atomic E-state index is 0.0249. The first-order valence-electron chi connectivity index (χ1n) is 8.05. The third-order valence-corrected chi connectivity index (χ3v) is 5.18. The zero-order valence-corrected chi connectivity index (χ0v) is 15.6. The molecule has 3 heterocycles. The van der Waals surface area contributed by atoms with Gasteiger partial charge in [0.1, 0.15) is 0 Å². The lowest BCUT2D eigenvalue weighted by molar-refractivity contribution is -0.146. The van der Waals surface area contributed by atoms with Gasteiger partial charge in [-0.2, -0.15) is 0 Å². The van der Waals surface area contributed by atoms with E-state index in [-0.39, 0.29) is 13.0 Å². The minimum atomic E-state index is -0.500. The Morgan fingerprint density at radius 1 is 1.15 bits per heavy atom. The molecule has 0 unspecified atom stereocenters. The number of nitrogens with one attached hydrogen (secondary N) is 1. The highest BCUT2D eigenvalue weighted by Gasteiger charge is 2.13. The van der Waals surface area contributed by atoms with Crippen molar-refractivity contribution in [1.82, 2.24) is 14.4 Å². The van der Waals surface area contributed by atoms with E-state index in [1.54, 1.807) is 6.20 Å². The summed E-state index contributed by atoms with van der Waals surface area (Å²) in [6.45, 7) is -0.360. The third kappa shape index (κ3) is 4.21. The number of hydrogen-bond donors (Lipinski definition) is 1. The number of carbonyl (C=O) groups is 2. The van der Waals surface area contributed by atoms with E-state index in [4.69, 9.17) is 4.74 Å². The van der Waals surface area contributed by atoms with Crippen LogP contribution in [-0.4, -0.2) is 32.9 Å². The van der Waals surface area contributed by atoms with Gasteiger partial charge in [0.2, 0.25) is 0 Å². The Hall–Kier alpha value is -3.04. The molecule has 0 fully saturated rings. The summed E-state index contributed by atoms with van der Waals surface area (Å²) in [5.41, 5.74) is 2.37. The molecule has 0 spiro atoms. The second-order valence-electron chi connectivity index (χ2n) is 5.61. The predicted octanol–water partition coefficient (Wildman–Crippen LogP) is 3.24. The molecule has 0 bridgehead atoms. The monoisotopic (exact) mass is 398 g/mol. The van der Waals surface area contributed by atoms with Gasteiger partial charge in [0.05, 0.1) is 17.8 Å². The van der Waals surface area contributed by atoms with Crippen LogP contribution in [0, 0.1) is 0 Å². The second-order valence-corrected chi connectivity index (χ2v) is 7.35. The number of fused-ring (bicyclic) bond motifs is 1. The second kappa shape index (κ2) is 7.68. The fraction of sp³-hybridized carbons (Fsp3) is 0.111. The summed E-state index contributed by atoms with van der Waals surface area (Å²) in [6.07, 6.45) is 3.66. The molecular formula is C18H14N4O3S2. The number of esters is 1. The molecule has 0 aliphatic heterocycles. The molecular weight excluding hydrogens is 384 g/mol. The van der Waals surface area contributed by atoms with E-state index in [9.17, 15) is 9.59 Å². The third-order valence-electron chi connectivity index (χ3n) is 3.65. The van der Waals surface area contributed by atoms with Crippen molar-refractivity contribution in [3.05, 3.63) is 59.2 Å². The van der Waals surface area contributed by atoms with Gasteiger partial charge in [-0.15, -0.1) is 22.7 Å². The molecule has 1 aromatic carbocycles. The van der Waals surface area contributed by atoms with E-state index >= 15 is 0 Å². The molecule has 0 aliphatic rings. The van der Waals surface area contributed by atoms with Crippen molar-refractivity contribution in [3.8, 4) is 11.3 Å². The number of thiazole rings is 2. The number of hydrogen-bond acceptors (Lipinski definition) is 7. The Morgan fingerprint density at radius 2 is 2.00 bits per heavy atom. The van der Waals surface area contributed by atoms with Crippen LogP contribution in [-0.2, 0) is 20.7 Å². The van der Waals surface area contributed by atoms with E-state index in [1.165, 1.54) is 22.7 Å². The molecule has 0 radical (unpaired) electrons. The summed E-state index contributed by atoms with van der Waals surface area (Å²) in [6, 6.07) is 9.68. The van der Waals surface area contributed by atoms with Gasteiger partial charge < -0.3 is 4.74 Å². The average molecular weight is 398 g/mol. The Bertz CT molecular complexity index is 1060. The van der Waals surface area contributed by atoms with Crippen LogP contribution in [0.4, 0.5) is 5.13 Å². The van der Waals surface area contributed by atoms with Crippen LogP contribution in [0.1, 0.15) is 5.69 Å². The summed E-state index contributed by atoms with van der Waals surface area (Å²) in [5.74, 6) is -0.928. The summed E-state index contributed by atoms with van der Waals surface area (Å²) < 4.78 is 6.86. The van der Waals surface area contributed by atoms with E-state index in [2.05, 4.69) is 15.3 Å². The predicted molar refractivity (Wildman–Crippen MR) is 104 cm³/mol. The van der Waals surface area contributed by atoms with Crippen molar-refractivity contribution in [2.24, 2.45) is 0 Å². The summed E-state index contributed by atoms with van der Waals surface area (Å²) in [4.78, 5) is 33.4. The molecule has 7 nitrogen and oxygen atoms in total. The largest absolute Gasteiger partial charge is 0.455 e. The van der Waals surface area contributed by atoms with Gasteiger partial charge in [-0.05, 0) is 0 Å². The number of carbonyl (C=O) groups excluding carboxylic acids is 2. The highest BCUT2D eigenvalue weighted by molar-refractivity contribution is 7.15. The number of ether oxygens (including phenoxy) is 1. The molecule has 0 saturated carbocycles. The van der Waals surface area contributed by atoms with Gasteiger partial charge in [0, 0.05) is 28.7 Å². The first-order chi connectivity index (χ1) is 13.2. The Labute approximate surface area is 162 Å². The van der Waals surface area contributed by atoms with E-state index in [1.807, 2.05) is 51.7 Å².